The van der Waals surface area contributed by atoms with Crippen LogP contribution in [0.3, 0.4) is 0 Å². The summed E-state index contributed by atoms with van der Waals surface area (Å²) in [5.74, 6) is 0. The molecule has 5 heterocycles. The van der Waals surface area contributed by atoms with E-state index in [0.29, 0.717) is 11.7 Å². The highest BCUT2D eigenvalue weighted by Gasteiger charge is 2.23. The Bertz CT molecular complexity index is 1100. The van der Waals surface area contributed by atoms with Crippen molar-refractivity contribution in [2.24, 2.45) is 14.1 Å². The summed E-state index contributed by atoms with van der Waals surface area (Å²) in [6, 6.07) is 0.397. The highest BCUT2D eigenvalue weighted by atomic mass is 15.3. The van der Waals surface area contributed by atoms with Crippen LogP contribution >= 0.6 is 0 Å². The molecular formula is C19H23N9. The van der Waals surface area contributed by atoms with Crippen molar-refractivity contribution >= 4 is 11.3 Å². The maximum Gasteiger partial charge on any atom is 0.197 e. The van der Waals surface area contributed by atoms with Gasteiger partial charge in [-0.15, -0.1) is 0 Å². The zero-order valence-electron chi connectivity index (χ0n) is 16.1. The molecule has 1 fully saturated rings. The van der Waals surface area contributed by atoms with E-state index < -0.39 is 0 Å². The fourth-order valence-electron chi connectivity index (χ4n) is 3.94. The lowest BCUT2D eigenvalue weighted by Gasteiger charge is -2.32. The van der Waals surface area contributed by atoms with Crippen molar-refractivity contribution in [2.45, 2.75) is 25.4 Å². The van der Waals surface area contributed by atoms with E-state index in [1.165, 1.54) is 5.56 Å². The highest BCUT2D eigenvalue weighted by Crippen LogP contribution is 2.27. The van der Waals surface area contributed by atoms with E-state index in [9.17, 15) is 0 Å². The van der Waals surface area contributed by atoms with Gasteiger partial charge in [-0.1, -0.05) is 0 Å². The van der Waals surface area contributed by atoms with Crippen LogP contribution in [0.5, 0.6) is 0 Å². The minimum absolute atomic E-state index is 0.397. The molecule has 1 aliphatic rings. The minimum atomic E-state index is 0.397. The van der Waals surface area contributed by atoms with Gasteiger partial charge in [0.1, 0.15) is 0 Å². The standard InChI is InChI=1S/C19H23N9/c1-25-10-14(7-22-25)11-27-5-3-16(4-6-27)28-13-21-18-19(28)24-17(9-20-18)15-8-23-26(2)12-15/h7-10,12-13,16H,3-6,11H2,1-2H3. The number of hydrogen-bond donors (Lipinski definition) is 0. The van der Waals surface area contributed by atoms with Gasteiger partial charge in [0, 0.05) is 63.3 Å². The van der Waals surface area contributed by atoms with Gasteiger partial charge in [-0.3, -0.25) is 14.3 Å². The summed E-state index contributed by atoms with van der Waals surface area (Å²) in [5.41, 5.74) is 4.62. The van der Waals surface area contributed by atoms with Gasteiger partial charge in [0.05, 0.1) is 30.6 Å². The number of fused-ring (bicyclic) bond motifs is 1. The number of piperidine rings is 1. The molecule has 28 heavy (non-hydrogen) atoms. The Kier molecular flexibility index (Phi) is 4.16. The number of nitrogens with zero attached hydrogens (tertiary/aromatic N) is 9. The van der Waals surface area contributed by atoms with E-state index >= 15 is 0 Å². The number of aryl methyl sites for hydroxylation is 2. The first-order valence-electron chi connectivity index (χ1n) is 9.54. The summed E-state index contributed by atoms with van der Waals surface area (Å²) < 4.78 is 5.83. The van der Waals surface area contributed by atoms with Gasteiger partial charge in [0.25, 0.3) is 0 Å². The second-order valence-corrected chi connectivity index (χ2v) is 7.49. The first-order valence-corrected chi connectivity index (χ1v) is 9.54. The lowest BCUT2D eigenvalue weighted by molar-refractivity contribution is 0.181. The van der Waals surface area contributed by atoms with Crippen molar-refractivity contribution in [3.05, 3.63) is 42.9 Å². The Morgan fingerprint density at radius 3 is 2.46 bits per heavy atom. The second-order valence-electron chi connectivity index (χ2n) is 7.49. The molecule has 1 aliphatic heterocycles. The average molecular weight is 377 g/mol. The zero-order chi connectivity index (χ0) is 19.1. The molecule has 0 aliphatic carbocycles. The summed E-state index contributed by atoms with van der Waals surface area (Å²) >= 11 is 0. The van der Waals surface area contributed by atoms with Crippen LogP contribution in [0.25, 0.3) is 22.6 Å². The molecule has 0 saturated carbocycles. The van der Waals surface area contributed by atoms with Crippen LogP contribution in [0.15, 0.2) is 37.3 Å². The molecule has 5 rings (SSSR count). The molecule has 144 valence electrons. The van der Waals surface area contributed by atoms with Crippen molar-refractivity contribution in [3.63, 3.8) is 0 Å². The Balaban J connectivity index is 1.33. The maximum atomic E-state index is 4.84. The average Bonchev–Trinajstić information content (AvgIpc) is 3.42. The smallest absolute Gasteiger partial charge is 0.197 e. The van der Waals surface area contributed by atoms with E-state index in [4.69, 9.17) is 4.98 Å². The summed E-state index contributed by atoms with van der Waals surface area (Å²) in [6.07, 6.45) is 13.6. The molecule has 4 aromatic rings. The first kappa shape index (κ1) is 17.1. The molecule has 0 aromatic carbocycles. The van der Waals surface area contributed by atoms with E-state index in [1.807, 2.05) is 43.7 Å². The fraction of sp³-hybridized carbons (Fsp3) is 0.421. The molecule has 0 radical (unpaired) electrons. The van der Waals surface area contributed by atoms with Gasteiger partial charge >= 0.3 is 0 Å². The van der Waals surface area contributed by atoms with Crippen molar-refractivity contribution in [1.82, 2.24) is 44.0 Å². The van der Waals surface area contributed by atoms with Crippen molar-refractivity contribution in [1.29, 1.82) is 0 Å². The third-order valence-electron chi connectivity index (χ3n) is 5.40. The number of aromatic nitrogens is 8. The van der Waals surface area contributed by atoms with Crippen molar-refractivity contribution < 1.29 is 0 Å². The summed E-state index contributed by atoms with van der Waals surface area (Å²) in [7, 11) is 3.86. The molecule has 1 saturated heterocycles. The van der Waals surface area contributed by atoms with Crippen LogP contribution in [0, 0.1) is 0 Å². The molecule has 0 bridgehead atoms. The van der Waals surface area contributed by atoms with Gasteiger partial charge in [-0.2, -0.15) is 10.2 Å². The van der Waals surface area contributed by atoms with Crippen molar-refractivity contribution in [2.75, 3.05) is 13.1 Å². The second kappa shape index (κ2) is 6.83. The molecule has 9 nitrogen and oxygen atoms in total. The van der Waals surface area contributed by atoms with Gasteiger partial charge in [-0.25, -0.2) is 15.0 Å². The predicted octanol–water partition coefficient (Wildman–Crippen LogP) is 1.80. The van der Waals surface area contributed by atoms with E-state index in [1.54, 1.807) is 10.9 Å². The Hall–Kier alpha value is -3.07. The molecule has 0 N–H and O–H groups in total. The highest BCUT2D eigenvalue weighted by molar-refractivity contribution is 5.70. The van der Waals surface area contributed by atoms with Crippen LogP contribution in [-0.2, 0) is 20.6 Å². The van der Waals surface area contributed by atoms with Crippen molar-refractivity contribution in [3.8, 4) is 11.3 Å². The van der Waals surface area contributed by atoms with Gasteiger partial charge < -0.3 is 4.57 Å². The Labute approximate surface area is 162 Å². The molecular weight excluding hydrogens is 354 g/mol. The first-order chi connectivity index (χ1) is 13.7. The van der Waals surface area contributed by atoms with Crippen LogP contribution in [-0.4, -0.2) is 57.1 Å². The van der Waals surface area contributed by atoms with Crippen LogP contribution < -0.4 is 0 Å². The third kappa shape index (κ3) is 3.18. The number of rotatable bonds is 4. The Morgan fingerprint density at radius 2 is 1.75 bits per heavy atom. The van der Waals surface area contributed by atoms with Gasteiger partial charge in [-0.05, 0) is 12.8 Å². The lowest BCUT2D eigenvalue weighted by atomic mass is 10.0. The molecule has 9 heteroatoms. The summed E-state index contributed by atoms with van der Waals surface area (Å²) in [5, 5.41) is 8.50. The zero-order valence-corrected chi connectivity index (χ0v) is 16.1. The van der Waals surface area contributed by atoms with E-state index in [-0.39, 0.29) is 0 Å². The summed E-state index contributed by atoms with van der Waals surface area (Å²) in [4.78, 5) is 16.3. The van der Waals surface area contributed by atoms with Crippen LogP contribution in [0.2, 0.25) is 0 Å². The lowest BCUT2D eigenvalue weighted by Crippen LogP contribution is -2.34. The topological polar surface area (TPSA) is 82.5 Å². The molecule has 0 amide bonds. The van der Waals surface area contributed by atoms with E-state index in [2.05, 4.69) is 35.8 Å². The molecule has 0 spiro atoms. The normalized spacial score (nSPS) is 16.2. The molecule has 4 aromatic heterocycles. The number of imidazole rings is 1. The van der Waals surface area contributed by atoms with E-state index in [0.717, 1.165) is 49.4 Å². The monoisotopic (exact) mass is 377 g/mol. The van der Waals surface area contributed by atoms with Crippen LogP contribution in [0.4, 0.5) is 0 Å². The minimum Gasteiger partial charge on any atom is -0.311 e. The van der Waals surface area contributed by atoms with Gasteiger partial charge in [0.2, 0.25) is 0 Å². The SMILES string of the molecule is Cn1cc(CN2CCC(n3cnc4ncc(-c5cnn(C)c5)nc43)CC2)cn1. The predicted molar refractivity (Wildman–Crippen MR) is 104 cm³/mol. The third-order valence-corrected chi connectivity index (χ3v) is 5.40. The van der Waals surface area contributed by atoms with Crippen LogP contribution in [0.1, 0.15) is 24.4 Å². The number of hydrogen-bond acceptors (Lipinski definition) is 6. The quantitative estimate of drug-likeness (QED) is 0.539. The number of likely N-dealkylation sites (tertiary alicyclic amines) is 1. The molecule has 0 unspecified atom stereocenters. The molecule has 0 atom stereocenters. The van der Waals surface area contributed by atoms with Gasteiger partial charge in [0.15, 0.2) is 11.3 Å². The summed E-state index contributed by atoms with van der Waals surface area (Å²) in [6.45, 7) is 3.06. The Morgan fingerprint density at radius 1 is 0.964 bits per heavy atom. The largest absolute Gasteiger partial charge is 0.311 e. The fourth-order valence-corrected chi connectivity index (χ4v) is 3.94. The maximum absolute atomic E-state index is 4.84.